The monoisotopic (exact) mass is 318 g/mol. The molecule has 1 saturated heterocycles. The molecule has 2 N–H and O–H groups in total. The summed E-state index contributed by atoms with van der Waals surface area (Å²) in [4.78, 5) is 14.6. The Hall–Kier alpha value is -1.39. The van der Waals surface area contributed by atoms with Crippen molar-refractivity contribution in [3.8, 4) is 0 Å². The van der Waals surface area contributed by atoms with E-state index in [-0.39, 0.29) is 24.0 Å². The van der Waals surface area contributed by atoms with Gasteiger partial charge in [-0.25, -0.2) is 0 Å². The maximum atomic E-state index is 12.5. The molecule has 1 heterocycles. The first kappa shape index (κ1) is 18.0. The van der Waals surface area contributed by atoms with Crippen LogP contribution in [-0.4, -0.2) is 41.7 Å². The van der Waals surface area contributed by atoms with Gasteiger partial charge in [-0.1, -0.05) is 32.9 Å². The van der Waals surface area contributed by atoms with Gasteiger partial charge in [0.25, 0.3) is 0 Å². The van der Waals surface area contributed by atoms with Crippen LogP contribution in [0.2, 0.25) is 0 Å². The Balaban J connectivity index is 1.95. The average molecular weight is 318 g/mol. The van der Waals surface area contributed by atoms with Crippen LogP contribution in [-0.2, 0) is 10.2 Å². The number of hydrogen-bond acceptors (Lipinski definition) is 3. The number of nitrogens with one attached hydrogen (secondary N) is 1. The number of anilines is 1. The normalized spacial score (nSPS) is 21.0. The molecule has 1 fully saturated rings. The van der Waals surface area contributed by atoms with Crippen LogP contribution in [0.3, 0.4) is 0 Å². The predicted molar refractivity (Wildman–Crippen MR) is 94.6 cm³/mol. The number of likely N-dealkylation sites (tertiary alicyclic amines) is 1. The van der Waals surface area contributed by atoms with E-state index in [1.54, 1.807) is 0 Å². The molecule has 1 aliphatic rings. The molecule has 128 valence electrons. The van der Waals surface area contributed by atoms with Crippen molar-refractivity contribution >= 4 is 11.6 Å². The lowest BCUT2D eigenvalue weighted by atomic mass is 9.87. The van der Waals surface area contributed by atoms with E-state index in [2.05, 4.69) is 43.1 Å². The van der Waals surface area contributed by atoms with E-state index in [1.807, 2.05) is 19.1 Å². The van der Waals surface area contributed by atoms with E-state index in [0.717, 1.165) is 31.6 Å². The van der Waals surface area contributed by atoms with Gasteiger partial charge in [-0.3, -0.25) is 9.69 Å². The van der Waals surface area contributed by atoms with Crippen LogP contribution in [0.1, 0.15) is 46.1 Å². The molecule has 0 spiro atoms. The molecule has 1 amide bonds. The fourth-order valence-electron chi connectivity index (χ4n) is 3.06. The Labute approximate surface area is 139 Å². The molecule has 2 atom stereocenters. The third kappa shape index (κ3) is 4.79. The van der Waals surface area contributed by atoms with Gasteiger partial charge in [0.1, 0.15) is 0 Å². The third-order valence-corrected chi connectivity index (χ3v) is 4.75. The number of aliphatic hydroxyl groups is 1. The lowest BCUT2D eigenvalue weighted by Crippen LogP contribution is -2.47. The van der Waals surface area contributed by atoms with Crippen LogP contribution in [0.5, 0.6) is 0 Å². The minimum Gasteiger partial charge on any atom is -0.396 e. The molecule has 1 aromatic carbocycles. The SMILES string of the molecule is CC(C(=O)Nc1ccc(C(C)(C)C)cc1)N1CCCC(CO)C1. The van der Waals surface area contributed by atoms with E-state index < -0.39 is 0 Å². The number of nitrogens with zero attached hydrogens (tertiary/aromatic N) is 1. The highest BCUT2D eigenvalue weighted by molar-refractivity contribution is 5.94. The quantitative estimate of drug-likeness (QED) is 0.897. The van der Waals surface area contributed by atoms with Crippen molar-refractivity contribution in [1.29, 1.82) is 0 Å². The molecule has 4 nitrogen and oxygen atoms in total. The maximum absolute atomic E-state index is 12.5. The number of piperidine rings is 1. The van der Waals surface area contributed by atoms with Gasteiger partial charge in [-0.15, -0.1) is 0 Å². The first-order valence-corrected chi connectivity index (χ1v) is 8.57. The number of rotatable bonds is 4. The van der Waals surface area contributed by atoms with Crippen LogP contribution >= 0.6 is 0 Å². The van der Waals surface area contributed by atoms with Crippen molar-refractivity contribution in [1.82, 2.24) is 4.90 Å². The van der Waals surface area contributed by atoms with Gasteiger partial charge in [-0.2, -0.15) is 0 Å². The summed E-state index contributed by atoms with van der Waals surface area (Å²) >= 11 is 0. The molecular weight excluding hydrogens is 288 g/mol. The summed E-state index contributed by atoms with van der Waals surface area (Å²) in [6, 6.07) is 7.91. The van der Waals surface area contributed by atoms with Gasteiger partial charge >= 0.3 is 0 Å². The lowest BCUT2D eigenvalue weighted by Gasteiger charge is -2.35. The Bertz CT molecular complexity index is 519. The summed E-state index contributed by atoms with van der Waals surface area (Å²) in [5, 5.41) is 12.3. The number of carbonyl (C=O) groups excluding carboxylic acids is 1. The zero-order valence-electron chi connectivity index (χ0n) is 14.8. The number of carbonyl (C=O) groups is 1. The second kappa shape index (κ2) is 7.45. The molecule has 2 unspecified atom stereocenters. The van der Waals surface area contributed by atoms with Crippen molar-refractivity contribution < 1.29 is 9.90 Å². The van der Waals surface area contributed by atoms with Crippen molar-refractivity contribution in [3.63, 3.8) is 0 Å². The van der Waals surface area contributed by atoms with E-state index in [1.165, 1.54) is 5.56 Å². The van der Waals surface area contributed by atoms with Gasteiger partial charge in [0.05, 0.1) is 6.04 Å². The second-order valence-electron chi connectivity index (χ2n) is 7.68. The van der Waals surface area contributed by atoms with Gasteiger partial charge in [-0.05, 0) is 55.3 Å². The first-order chi connectivity index (χ1) is 10.8. The summed E-state index contributed by atoms with van der Waals surface area (Å²) in [6.45, 7) is 10.4. The standard InChI is InChI=1S/C19H30N2O2/c1-14(21-11-5-6-15(12-21)13-22)18(23)20-17-9-7-16(8-10-17)19(2,3)4/h7-10,14-15,22H,5-6,11-13H2,1-4H3,(H,20,23). The van der Waals surface area contributed by atoms with Gasteiger partial charge in [0.2, 0.25) is 5.91 Å². The molecule has 1 aromatic rings. The minimum absolute atomic E-state index is 0.0205. The molecule has 0 aliphatic carbocycles. The average Bonchev–Trinajstić information content (AvgIpc) is 2.53. The summed E-state index contributed by atoms with van der Waals surface area (Å²) in [6.07, 6.45) is 2.10. The van der Waals surface area contributed by atoms with Crippen molar-refractivity contribution in [2.75, 3.05) is 25.0 Å². The number of amides is 1. The van der Waals surface area contributed by atoms with E-state index in [0.29, 0.717) is 5.92 Å². The molecule has 2 rings (SSSR count). The highest BCUT2D eigenvalue weighted by Gasteiger charge is 2.27. The summed E-state index contributed by atoms with van der Waals surface area (Å²) in [5.74, 6) is 0.317. The Morgan fingerprint density at radius 1 is 1.35 bits per heavy atom. The summed E-state index contributed by atoms with van der Waals surface area (Å²) in [5.41, 5.74) is 2.21. The number of hydrogen-bond donors (Lipinski definition) is 2. The predicted octanol–water partition coefficient (Wildman–Crippen LogP) is 3.02. The smallest absolute Gasteiger partial charge is 0.241 e. The van der Waals surface area contributed by atoms with E-state index >= 15 is 0 Å². The topological polar surface area (TPSA) is 52.6 Å². The lowest BCUT2D eigenvalue weighted by molar-refractivity contribution is -0.121. The molecular formula is C19H30N2O2. The molecule has 0 aromatic heterocycles. The van der Waals surface area contributed by atoms with Crippen LogP contribution in [0.15, 0.2) is 24.3 Å². The third-order valence-electron chi connectivity index (χ3n) is 4.75. The zero-order valence-corrected chi connectivity index (χ0v) is 14.8. The summed E-state index contributed by atoms with van der Waals surface area (Å²) < 4.78 is 0. The Morgan fingerprint density at radius 2 is 2.00 bits per heavy atom. The van der Waals surface area contributed by atoms with Crippen LogP contribution in [0, 0.1) is 5.92 Å². The van der Waals surface area contributed by atoms with Crippen molar-refractivity contribution in [3.05, 3.63) is 29.8 Å². The number of aliphatic hydroxyl groups excluding tert-OH is 1. The fraction of sp³-hybridized carbons (Fsp3) is 0.632. The minimum atomic E-state index is -0.174. The first-order valence-electron chi connectivity index (χ1n) is 8.57. The van der Waals surface area contributed by atoms with E-state index in [9.17, 15) is 9.90 Å². The number of benzene rings is 1. The van der Waals surface area contributed by atoms with E-state index in [4.69, 9.17) is 0 Å². The highest BCUT2D eigenvalue weighted by atomic mass is 16.3. The highest BCUT2D eigenvalue weighted by Crippen LogP contribution is 2.24. The molecule has 0 saturated carbocycles. The Kier molecular flexibility index (Phi) is 5.82. The Morgan fingerprint density at radius 3 is 2.57 bits per heavy atom. The molecule has 23 heavy (non-hydrogen) atoms. The zero-order chi connectivity index (χ0) is 17.0. The van der Waals surface area contributed by atoms with Crippen molar-refractivity contribution in [2.24, 2.45) is 5.92 Å². The molecule has 0 radical (unpaired) electrons. The van der Waals surface area contributed by atoms with Crippen molar-refractivity contribution in [2.45, 2.75) is 52.0 Å². The largest absolute Gasteiger partial charge is 0.396 e. The second-order valence-corrected chi connectivity index (χ2v) is 7.68. The molecule has 4 heteroatoms. The summed E-state index contributed by atoms with van der Waals surface area (Å²) in [7, 11) is 0. The fourth-order valence-corrected chi connectivity index (χ4v) is 3.06. The molecule has 0 bridgehead atoms. The van der Waals surface area contributed by atoms with Crippen LogP contribution in [0.4, 0.5) is 5.69 Å². The molecule has 1 aliphatic heterocycles. The maximum Gasteiger partial charge on any atom is 0.241 e. The van der Waals surface area contributed by atoms with Crippen LogP contribution < -0.4 is 5.32 Å². The van der Waals surface area contributed by atoms with Crippen LogP contribution in [0.25, 0.3) is 0 Å². The van der Waals surface area contributed by atoms with Gasteiger partial charge in [0.15, 0.2) is 0 Å². The van der Waals surface area contributed by atoms with Gasteiger partial charge < -0.3 is 10.4 Å². The van der Waals surface area contributed by atoms with Gasteiger partial charge in [0, 0.05) is 18.8 Å².